The highest BCUT2D eigenvalue weighted by Gasteiger charge is 2.18. The number of benzene rings is 2. The largest absolute Gasteiger partial charge is 0.308 e. The van der Waals surface area contributed by atoms with Gasteiger partial charge in [-0.1, -0.05) is 36.4 Å². The smallest absolute Gasteiger partial charge is 0.224 e. The molecule has 0 N–H and O–H groups in total. The fraction of sp³-hybridized carbons (Fsp3) is 0.111. The lowest BCUT2D eigenvalue weighted by Gasteiger charge is -2.25. The zero-order chi connectivity index (χ0) is 14.8. The molecule has 0 spiro atoms. The van der Waals surface area contributed by atoms with E-state index in [-0.39, 0.29) is 5.91 Å². The van der Waals surface area contributed by atoms with Gasteiger partial charge in [0.2, 0.25) is 5.91 Å². The molecule has 1 aliphatic rings. The lowest BCUT2D eigenvalue weighted by atomic mass is 9.99. The Morgan fingerprint density at radius 1 is 1.14 bits per heavy atom. The summed E-state index contributed by atoms with van der Waals surface area (Å²) in [6.45, 7) is 2.09. The van der Waals surface area contributed by atoms with Crippen LogP contribution in [0, 0.1) is 11.3 Å². The van der Waals surface area contributed by atoms with Gasteiger partial charge < -0.3 is 4.90 Å². The van der Waals surface area contributed by atoms with Crippen molar-refractivity contribution in [1.82, 2.24) is 0 Å². The Bertz CT molecular complexity index is 784. The SMILES string of the molecule is CC(=O)N1Cc2ccc(C#N)cc2/C=C\c2ccccc21. The zero-order valence-corrected chi connectivity index (χ0v) is 11.7. The van der Waals surface area contributed by atoms with E-state index in [1.165, 1.54) is 0 Å². The van der Waals surface area contributed by atoms with E-state index in [2.05, 4.69) is 6.07 Å². The van der Waals surface area contributed by atoms with Crippen LogP contribution in [0.1, 0.15) is 29.2 Å². The summed E-state index contributed by atoms with van der Waals surface area (Å²) in [5, 5.41) is 9.02. The first-order chi connectivity index (χ1) is 10.2. The van der Waals surface area contributed by atoms with Gasteiger partial charge in [0.25, 0.3) is 0 Å². The second-order valence-corrected chi connectivity index (χ2v) is 5.02. The lowest BCUT2D eigenvalue weighted by molar-refractivity contribution is -0.116. The molecule has 1 aliphatic heterocycles. The molecule has 1 heterocycles. The molecule has 0 saturated carbocycles. The van der Waals surface area contributed by atoms with Gasteiger partial charge in [-0.3, -0.25) is 4.79 Å². The Kier molecular flexibility index (Phi) is 3.29. The number of nitrogens with zero attached hydrogens (tertiary/aromatic N) is 2. The average Bonchev–Trinajstić information content (AvgIpc) is 2.49. The number of carbonyl (C=O) groups is 1. The summed E-state index contributed by atoms with van der Waals surface area (Å²) in [5.74, 6) is 0.00746. The monoisotopic (exact) mass is 274 g/mol. The van der Waals surface area contributed by atoms with Crippen LogP contribution in [0.15, 0.2) is 42.5 Å². The van der Waals surface area contributed by atoms with Gasteiger partial charge >= 0.3 is 0 Å². The molecule has 0 atom stereocenters. The number of para-hydroxylation sites is 1. The van der Waals surface area contributed by atoms with E-state index >= 15 is 0 Å². The first-order valence-electron chi connectivity index (χ1n) is 6.77. The lowest BCUT2D eigenvalue weighted by Crippen LogP contribution is -2.29. The van der Waals surface area contributed by atoms with E-state index in [0.717, 1.165) is 22.4 Å². The van der Waals surface area contributed by atoms with E-state index in [4.69, 9.17) is 5.26 Å². The predicted molar refractivity (Wildman–Crippen MR) is 83.4 cm³/mol. The van der Waals surface area contributed by atoms with E-state index in [0.29, 0.717) is 12.1 Å². The first-order valence-corrected chi connectivity index (χ1v) is 6.77. The van der Waals surface area contributed by atoms with Gasteiger partial charge in [0, 0.05) is 6.92 Å². The van der Waals surface area contributed by atoms with E-state index in [1.807, 2.05) is 48.6 Å². The minimum Gasteiger partial charge on any atom is -0.308 e. The van der Waals surface area contributed by atoms with Crippen molar-refractivity contribution >= 4 is 23.7 Å². The Morgan fingerprint density at radius 3 is 2.67 bits per heavy atom. The average molecular weight is 274 g/mol. The molecule has 0 bridgehead atoms. The quantitative estimate of drug-likeness (QED) is 0.736. The number of amides is 1. The number of fused-ring (bicyclic) bond motifs is 2. The molecule has 2 aromatic carbocycles. The Morgan fingerprint density at radius 2 is 1.90 bits per heavy atom. The second-order valence-electron chi connectivity index (χ2n) is 5.02. The number of anilines is 1. The third kappa shape index (κ3) is 2.44. The van der Waals surface area contributed by atoms with Crippen molar-refractivity contribution in [3.63, 3.8) is 0 Å². The molecule has 21 heavy (non-hydrogen) atoms. The van der Waals surface area contributed by atoms with Gasteiger partial charge in [0.1, 0.15) is 0 Å². The van der Waals surface area contributed by atoms with Gasteiger partial charge in [-0.05, 0) is 34.9 Å². The van der Waals surface area contributed by atoms with Crippen LogP contribution < -0.4 is 4.90 Å². The molecule has 3 rings (SSSR count). The highest BCUT2D eigenvalue weighted by atomic mass is 16.2. The third-order valence-corrected chi connectivity index (χ3v) is 3.65. The highest BCUT2D eigenvalue weighted by Crippen LogP contribution is 2.29. The van der Waals surface area contributed by atoms with Crippen LogP contribution in [-0.2, 0) is 11.3 Å². The van der Waals surface area contributed by atoms with Crippen molar-refractivity contribution in [3.8, 4) is 6.07 Å². The van der Waals surface area contributed by atoms with Crippen LogP contribution in [0.2, 0.25) is 0 Å². The molecule has 0 radical (unpaired) electrons. The van der Waals surface area contributed by atoms with Crippen LogP contribution in [0.4, 0.5) is 5.69 Å². The van der Waals surface area contributed by atoms with Crippen molar-refractivity contribution in [2.45, 2.75) is 13.5 Å². The van der Waals surface area contributed by atoms with E-state index < -0.39 is 0 Å². The molecule has 0 fully saturated rings. The summed E-state index contributed by atoms with van der Waals surface area (Å²) in [5.41, 5.74) is 4.56. The fourth-order valence-electron chi connectivity index (χ4n) is 2.55. The van der Waals surface area contributed by atoms with Crippen molar-refractivity contribution in [2.24, 2.45) is 0 Å². The van der Waals surface area contributed by atoms with Crippen molar-refractivity contribution in [3.05, 3.63) is 64.7 Å². The molecule has 1 amide bonds. The van der Waals surface area contributed by atoms with Gasteiger partial charge in [0.05, 0.1) is 23.9 Å². The van der Waals surface area contributed by atoms with Gasteiger partial charge in [-0.25, -0.2) is 0 Å². The van der Waals surface area contributed by atoms with Crippen LogP contribution in [0.5, 0.6) is 0 Å². The maximum absolute atomic E-state index is 12.0. The second kappa shape index (κ2) is 5.26. The normalized spacial score (nSPS) is 14.2. The van der Waals surface area contributed by atoms with Gasteiger partial charge in [-0.2, -0.15) is 5.26 Å². The number of hydrogen-bond acceptors (Lipinski definition) is 2. The molecule has 0 saturated heterocycles. The maximum Gasteiger partial charge on any atom is 0.224 e. The van der Waals surface area contributed by atoms with Crippen LogP contribution in [0.3, 0.4) is 0 Å². The van der Waals surface area contributed by atoms with E-state index in [1.54, 1.807) is 17.9 Å². The summed E-state index contributed by atoms with van der Waals surface area (Å²) in [6.07, 6.45) is 4.00. The number of hydrogen-bond donors (Lipinski definition) is 0. The molecule has 3 nitrogen and oxygen atoms in total. The topological polar surface area (TPSA) is 44.1 Å². The standard InChI is InChI=1S/C18H14N2O/c1-13(21)20-12-17-7-6-14(11-19)10-16(17)9-8-15-4-2-3-5-18(15)20/h2-10H,12H2,1H3/b9-8-. The van der Waals surface area contributed by atoms with Crippen molar-refractivity contribution in [2.75, 3.05) is 4.90 Å². The first kappa shape index (κ1) is 13.1. The maximum atomic E-state index is 12.0. The minimum absolute atomic E-state index is 0.00746. The summed E-state index contributed by atoms with van der Waals surface area (Å²) < 4.78 is 0. The van der Waals surface area contributed by atoms with Crippen molar-refractivity contribution in [1.29, 1.82) is 5.26 Å². The summed E-state index contributed by atoms with van der Waals surface area (Å²) >= 11 is 0. The van der Waals surface area contributed by atoms with Crippen LogP contribution in [0.25, 0.3) is 12.2 Å². The molecule has 0 unspecified atom stereocenters. The van der Waals surface area contributed by atoms with Crippen LogP contribution >= 0.6 is 0 Å². The molecule has 3 heteroatoms. The van der Waals surface area contributed by atoms with Gasteiger partial charge in [-0.15, -0.1) is 0 Å². The molecule has 0 aliphatic carbocycles. The number of nitriles is 1. The molecule has 102 valence electrons. The van der Waals surface area contributed by atoms with Crippen molar-refractivity contribution < 1.29 is 4.79 Å². The predicted octanol–water partition coefficient (Wildman–Crippen LogP) is 3.60. The fourth-order valence-corrected chi connectivity index (χ4v) is 2.55. The summed E-state index contributed by atoms with van der Waals surface area (Å²) in [4.78, 5) is 13.8. The third-order valence-electron chi connectivity index (χ3n) is 3.65. The van der Waals surface area contributed by atoms with Crippen LogP contribution in [-0.4, -0.2) is 5.91 Å². The number of carbonyl (C=O) groups excluding carboxylic acids is 1. The summed E-state index contributed by atoms with van der Waals surface area (Å²) in [7, 11) is 0. The Hall–Kier alpha value is -2.86. The Balaban J connectivity index is 2.19. The van der Waals surface area contributed by atoms with E-state index in [9.17, 15) is 4.79 Å². The number of rotatable bonds is 0. The minimum atomic E-state index is 0.00746. The summed E-state index contributed by atoms with van der Waals surface area (Å²) in [6, 6.07) is 15.5. The molecular weight excluding hydrogens is 260 g/mol. The molecule has 0 aromatic heterocycles. The highest BCUT2D eigenvalue weighted by molar-refractivity contribution is 5.95. The molecular formula is C18H14N2O. The zero-order valence-electron chi connectivity index (χ0n) is 11.7. The Labute approximate surface area is 123 Å². The molecule has 2 aromatic rings. The van der Waals surface area contributed by atoms with Gasteiger partial charge in [0.15, 0.2) is 0 Å².